The van der Waals surface area contributed by atoms with Crippen LogP contribution in [0.2, 0.25) is 0 Å². The Balaban J connectivity index is 0.000000177. The van der Waals surface area contributed by atoms with Crippen LogP contribution in [0.5, 0.6) is 0 Å². The SMILES string of the molecule is CC.CC(C)(C)c1ccnc(-c2cc(C(C)(C)C)ccn2)c1.CC(C)c1ccccn1.c1ccc(-c2ccnc3c2ccc2c(-c4ccccc4)ccnc23)cc1. The zero-order chi connectivity index (χ0) is 41.0. The molecule has 0 N–H and O–H groups in total. The number of pyridine rings is 5. The second-order valence-corrected chi connectivity index (χ2v) is 16.1. The lowest BCUT2D eigenvalue weighted by molar-refractivity contribution is 0.588. The molecule has 0 spiro atoms. The van der Waals surface area contributed by atoms with E-state index in [0.717, 1.165) is 38.9 Å². The van der Waals surface area contributed by atoms with Crippen molar-refractivity contribution in [1.82, 2.24) is 24.9 Å². The molecule has 8 aromatic rings. The Morgan fingerprint density at radius 3 is 1.16 bits per heavy atom. The quantitative estimate of drug-likeness (QED) is 0.168. The van der Waals surface area contributed by atoms with Crippen molar-refractivity contribution in [2.24, 2.45) is 0 Å². The third-order valence-corrected chi connectivity index (χ3v) is 9.58. The van der Waals surface area contributed by atoms with Crippen LogP contribution in [0.15, 0.2) is 158 Å². The van der Waals surface area contributed by atoms with Gasteiger partial charge in [0.15, 0.2) is 0 Å². The highest BCUT2D eigenvalue weighted by Gasteiger charge is 2.18. The van der Waals surface area contributed by atoms with Crippen LogP contribution in [0.25, 0.3) is 55.4 Å². The van der Waals surface area contributed by atoms with Gasteiger partial charge in [-0.1, -0.05) is 148 Å². The van der Waals surface area contributed by atoms with Crippen molar-refractivity contribution in [3.63, 3.8) is 0 Å². The minimum atomic E-state index is 0.124. The smallest absolute Gasteiger partial charge is 0.0970 e. The largest absolute Gasteiger partial charge is 0.261 e. The second-order valence-electron chi connectivity index (χ2n) is 16.1. The van der Waals surface area contributed by atoms with Crippen LogP contribution in [0.3, 0.4) is 0 Å². The van der Waals surface area contributed by atoms with Gasteiger partial charge >= 0.3 is 0 Å². The predicted molar refractivity (Wildman–Crippen MR) is 242 cm³/mol. The molecule has 0 bridgehead atoms. The maximum atomic E-state index is 4.67. The molecule has 3 aromatic carbocycles. The fraction of sp³-hybridized carbons (Fsp3) is 0.250. The lowest BCUT2D eigenvalue weighted by Crippen LogP contribution is -2.12. The molecule has 0 amide bonds. The first-order valence-corrected chi connectivity index (χ1v) is 20.0. The zero-order valence-corrected chi connectivity index (χ0v) is 35.3. The summed E-state index contributed by atoms with van der Waals surface area (Å²) in [5.74, 6) is 0.547. The minimum Gasteiger partial charge on any atom is -0.261 e. The van der Waals surface area contributed by atoms with Crippen LogP contribution >= 0.6 is 0 Å². The van der Waals surface area contributed by atoms with E-state index >= 15 is 0 Å². The molecule has 0 aliphatic rings. The van der Waals surface area contributed by atoms with Crippen LogP contribution in [0.1, 0.15) is 92.0 Å². The van der Waals surface area contributed by atoms with Gasteiger partial charge in [0.1, 0.15) is 0 Å². The number of fused-ring (bicyclic) bond motifs is 3. The normalized spacial score (nSPS) is 11.1. The molecule has 0 unspecified atom stereocenters. The summed E-state index contributed by atoms with van der Waals surface area (Å²) in [5.41, 5.74) is 12.5. The number of hydrogen-bond acceptors (Lipinski definition) is 5. The summed E-state index contributed by atoms with van der Waals surface area (Å²) in [6.07, 6.45) is 9.33. The summed E-state index contributed by atoms with van der Waals surface area (Å²) < 4.78 is 0. The lowest BCUT2D eigenvalue weighted by Gasteiger charge is -2.21. The van der Waals surface area contributed by atoms with E-state index in [1.54, 1.807) is 0 Å². The molecule has 5 heteroatoms. The summed E-state index contributed by atoms with van der Waals surface area (Å²) >= 11 is 0. The van der Waals surface area contributed by atoms with E-state index in [2.05, 4.69) is 177 Å². The molecular formula is C52H57N5. The molecule has 5 heterocycles. The Morgan fingerprint density at radius 2 is 0.807 bits per heavy atom. The Bertz CT molecular complexity index is 2310. The van der Waals surface area contributed by atoms with Crippen LogP contribution in [0, 0.1) is 0 Å². The molecule has 0 aliphatic heterocycles. The molecule has 57 heavy (non-hydrogen) atoms. The Kier molecular flexibility index (Phi) is 14.2. The number of hydrogen-bond donors (Lipinski definition) is 0. The molecule has 0 fully saturated rings. The standard InChI is InChI=1S/C24H16N2.C18H24N2.C8H11N.C2H6/c1-3-7-17(8-4-1)19-13-15-25-23-21(19)11-12-22-20(14-16-26-24(22)23)18-9-5-2-6-10-18;1-17(2,3)13-7-9-19-15(11-13)16-12-14(8-10-20-16)18(4,5)6;1-7(2)8-5-3-4-6-9-8;1-2/h1-16H;7-12H,1-6H3;3-7H,1-2H3;1-2H3. The maximum Gasteiger partial charge on any atom is 0.0970 e. The van der Waals surface area contributed by atoms with Crippen molar-refractivity contribution in [1.29, 1.82) is 0 Å². The molecule has 0 aliphatic carbocycles. The van der Waals surface area contributed by atoms with Gasteiger partial charge in [-0.3, -0.25) is 24.9 Å². The van der Waals surface area contributed by atoms with Crippen LogP contribution in [-0.4, -0.2) is 24.9 Å². The van der Waals surface area contributed by atoms with Crippen molar-refractivity contribution in [2.45, 2.75) is 86.0 Å². The van der Waals surface area contributed by atoms with Gasteiger partial charge in [0, 0.05) is 47.5 Å². The lowest BCUT2D eigenvalue weighted by atomic mass is 9.86. The summed E-state index contributed by atoms with van der Waals surface area (Å²) in [6.45, 7) is 21.6. The Morgan fingerprint density at radius 1 is 0.404 bits per heavy atom. The second kappa shape index (κ2) is 19.2. The first kappa shape index (κ1) is 42.1. The van der Waals surface area contributed by atoms with Gasteiger partial charge in [0.05, 0.1) is 22.4 Å². The molecule has 0 saturated heterocycles. The number of nitrogens with zero attached hydrogens (tertiary/aromatic N) is 5. The third kappa shape index (κ3) is 10.8. The van der Waals surface area contributed by atoms with Gasteiger partial charge < -0.3 is 0 Å². The monoisotopic (exact) mass is 751 g/mol. The maximum absolute atomic E-state index is 4.67. The Hall–Kier alpha value is -6.07. The van der Waals surface area contributed by atoms with Crippen molar-refractivity contribution in [2.75, 3.05) is 0 Å². The topological polar surface area (TPSA) is 64.5 Å². The molecule has 5 aromatic heterocycles. The highest BCUT2D eigenvalue weighted by atomic mass is 14.8. The Labute approximate surface area is 340 Å². The minimum absolute atomic E-state index is 0.124. The molecule has 0 atom stereocenters. The van der Waals surface area contributed by atoms with E-state index in [4.69, 9.17) is 0 Å². The molecule has 0 radical (unpaired) electrons. The number of aromatic nitrogens is 5. The molecular weight excluding hydrogens is 695 g/mol. The third-order valence-electron chi connectivity index (χ3n) is 9.58. The van der Waals surface area contributed by atoms with Gasteiger partial charge in [-0.25, -0.2) is 0 Å². The van der Waals surface area contributed by atoms with Crippen molar-refractivity contribution in [3.05, 3.63) is 175 Å². The molecule has 8 rings (SSSR count). The van der Waals surface area contributed by atoms with Crippen molar-refractivity contribution >= 4 is 21.8 Å². The van der Waals surface area contributed by atoms with E-state index in [1.165, 1.54) is 33.4 Å². The number of benzene rings is 3. The highest BCUT2D eigenvalue weighted by Crippen LogP contribution is 2.35. The van der Waals surface area contributed by atoms with Crippen molar-refractivity contribution in [3.8, 4) is 33.6 Å². The fourth-order valence-corrected chi connectivity index (χ4v) is 6.36. The van der Waals surface area contributed by atoms with E-state index in [0.29, 0.717) is 5.92 Å². The molecule has 0 saturated carbocycles. The van der Waals surface area contributed by atoms with Gasteiger partial charge in [-0.15, -0.1) is 0 Å². The van der Waals surface area contributed by atoms with E-state index in [-0.39, 0.29) is 10.8 Å². The number of rotatable bonds is 4. The summed E-state index contributed by atoms with van der Waals surface area (Å²) in [4.78, 5) is 22.5. The molecule has 5 nitrogen and oxygen atoms in total. The van der Waals surface area contributed by atoms with E-state index < -0.39 is 0 Å². The molecule has 290 valence electrons. The van der Waals surface area contributed by atoms with Crippen LogP contribution in [0.4, 0.5) is 0 Å². The fourth-order valence-electron chi connectivity index (χ4n) is 6.36. The summed E-state index contributed by atoms with van der Waals surface area (Å²) in [6, 6.07) is 43.8. The van der Waals surface area contributed by atoms with E-state index in [9.17, 15) is 0 Å². The van der Waals surface area contributed by atoms with Gasteiger partial charge in [-0.2, -0.15) is 0 Å². The first-order valence-electron chi connectivity index (χ1n) is 20.0. The van der Waals surface area contributed by atoms with Gasteiger partial charge in [0.2, 0.25) is 0 Å². The summed E-state index contributed by atoms with van der Waals surface area (Å²) in [5, 5.41) is 2.26. The predicted octanol–water partition coefficient (Wildman–Crippen LogP) is 14.1. The average molecular weight is 752 g/mol. The first-order chi connectivity index (χ1) is 27.4. The van der Waals surface area contributed by atoms with Crippen LogP contribution < -0.4 is 0 Å². The average Bonchev–Trinajstić information content (AvgIpc) is 3.25. The highest BCUT2D eigenvalue weighted by molar-refractivity contribution is 6.11. The van der Waals surface area contributed by atoms with Gasteiger partial charge in [0.25, 0.3) is 0 Å². The van der Waals surface area contributed by atoms with Crippen molar-refractivity contribution < 1.29 is 0 Å². The van der Waals surface area contributed by atoms with Crippen LogP contribution in [-0.2, 0) is 10.8 Å². The zero-order valence-electron chi connectivity index (χ0n) is 35.3. The summed E-state index contributed by atoms with van der Waals surface area (Å²) in [7, 11) is 0. The van der Waals surface area contributed by atoms with Gasteiger partial charge in [-0.05, 0) is 98.7 Å². The van der Waals surface area contributed by atoms with E-state index in [1.807, 2.05) is 75.2 Å².